The van der Waals surface area contributed by atoms with Gasteiger partial charge in [-0.15, -0.1) is 0 Å². The van der Waals surface area contributed by atoms with E-state index in [4.69, 9.17) is 18.9 Å². The molecule has 27 heavy (non-hydrogen) atoms. The summed E-state index contributed by atoms with van der Waals surface area (Å²) >= 11 is 0. The van der Waals surface area contributed by atoms with E-state index in [2.05, 4.69) is 10.6 Å². The number of hydrogen-bond acceptors (Lipinski definition) is 6. The largest absolute Gasteiger partial charge is 0.493 e. The van der Waals surface area contributed by atoms with Crippen molar-refractivity contribution in [3.8, 4) is 23.0 Å². The molecule has 2 aromatic rings. The summed E-state index contributed by atoms with van der Waals surface area (Å²) in [6.45, 7) is 4.77. The number of carbonyl (C=O) groups is 1. The molecule has 0 aromatic heterocycles. The standard InChI is InChI=1S/C20H24N2O5/c1-12-9-17(24-3)18(25-4)11-15(12)21-13(2)20(23)22-14-5-6-16-19(10-14)27-8-7-26-16/h5-6,9-11,13,21H,7-8H2,1-4H3,(H,22,23)/t13-/m1/s1. The van der Waals surface area contributed by atoms with Gasteiger partial charge in [0.15, 0.2) is 23.0 Å². The fourth-order valence-corrected chi connectivity index (χ4v) is 2.81. The Kier molecular flexibility index (Phi) is 5.59. The van der Waals surface area contributed by atoms with Gasteiger partial charge in [0.25, 0.3) is 0 Å². The average molecular weight is 372 g/mol. The van der Waals surface area contributed by atoms with Crippen LogP contribution in [-0.2, 0) is 4.79 Å². The van der Waals surface area contributed by atoms with Crippen molar-refractivity contribution >= 4 is 17.3 Å². The lowest BCUT2D eigenvalue weighted by atomic mass is 10.1. The minimum Gasteiger partial charge on any atom is -0.493 e. The van der Waals surface area contributed by atoms with Gasteiger partial charge in [0.2, 0.25) is 5.91 Å². The van der Waals surface area contributed by atoms with Crippen molar-refractivity contribution in [1.29, 1.82) is 0 Å². The summed E-state index contributed by atoms with van der Waals surface area (Å²) < 4.78 is 21.7. The molecule has 0 bridgehead atoms. The number of methoxy groups -OCH3 is 2. The molecule has 7 nitrogen and oxygen atoms in total. The van der Waals surface area contributed by atoms with Crippen molar-refractivity contribution in [2.45, 2.75) is 19.9 Å². The van der Waals surface area contributed by atoms with Gasteiger partial charge < -0.3 is 29.6 Å². The van der Waals surface area contributed by atoms with Gasteiger partial charge in [-0.25, -0.2) is 0 Å². The Morgan fingerprint density at radius 2 is 1.70 bits per heavy atom. The summed E-state index contributed by atoms with van der Waals surface area (Å²) in [6.07, 6.45) is 0. The number of benzene rings is 2. The SMILES string of the molecule is COc1cc(C)c(N[C@H](C)C(=O)Nc2ccc3c(c2)OCCO3)cc1OC. The fourth-order valence-electron chi connectivity index (χ4n) is 2.81. The molecule has 0 spiro atoms. The molecule has 7 heteroatoms. The van der Waals surface area contributed by atoms with Crippen molar-refractivity contribution in [1.82, 2.24) is 0 Å². The van der Waals surface area contributed by atoms with Gasteiger partial charge in [0.1, 0.15) is 19.3 Å². The number of hydrogen-bond donors (Lipinski definition) is 2. The lowest BCUT2D eigenvalue weighted by molar-refractivity contribution is -0.116. The molecule has 1 heterocycles. The molecule has 1 amide bonds. The zero-order valence-corrected chi connectivity index (χ0v) is 15.9. The van der Waals surface area contributed by atoms with Gasteiger partial charge in [0, 0.05) is 23.5 Å². The third kappa shape index (κ3) is 4.19. The summed E-state index contributed by atoms with van der Waals surface area (Å²) in [4.78, 5) is 12.6. The summed E-state index contributed by atoms with van der Waals surface area (Å²) in [5, 5.41) is 6.10. The molecular weight excluding hydrogens is 348 g/mol. The van der Waals surface area contributed by atoms with Crippen LogP contribution in [0.15, 0.2) is 30.3 Å². The first-order valence-corrected chi connectivity index (χ1v) is 8.71. The molecule has 1 aliphatic rings. The van der Waals surface area contributed by atoms with Gasteiger partial charge in [-0.3, -0.25) is 4.79 Å². The molecule has 0 radical (unpaired) electrons. The Labute approximate surface area is 158 Å². The monoisotopic (exact) mass is 372 g/mol. The van der Waals surface area contributed by atoms with E-state index in [1.54, 1.807) is 39.3 Å². The number of anilines is 2. The van der Waals surface area contributed by atoms with Gasteiger partial charge in [-0.2, -0.15) is 0 Å². The summed E-state index contributed by atoms with van der Waals surface area (Å²) in [5.74, 6) is 2.40. The Bertz CT molecular complexity index is 837. The maximum Gasteiger partial charge on any atom is 0.246 e. The number of ether oxygens (including phenoxy) is 4. The molecule has 2 aromatic carbocycles. The van der Waals surface area contributed by atoms with Gasteiger partial charge in [0.05, 0.1) is 14.2 Å². The topological polar surface area (TPSA) is 78.1 Å². The van der Waals surface area contributed by atoms with E-state index in [-0.39, 0.29) is 5.91 Å². The smallest absolute Gasteiger partial charge is 0.246 e. The second kappa shape index (κ2) is 8.07. The van der Waals surface area contributed by atoms with Crippen molar-refractivity contribution in [2.75, 3.05) is 38.1 Å². The Hall–Kier alpha value is -3.09. The van der Waals surface area contributed by atoms with Crippen molar-refractivity contribution in [2.24, 2.45) is 0 Å². The number of rotatable bonds is 6. The minimum absolute atomic E-state index is 0.166. The second-order valence-electron chi connectivity index (χ2n) is 6.24. The number of aryl methyl sites for hydroxylation is 1. The quantitative estimate of drug-likeness (QED) is 0.811. The van der Waals surface area contributed by atoms with E-state index in [0.717, 1.165) is 11.3 Å². The van der Waals surface area contributed by atoms with E-state index in [9.17, 15) is 4.79 Å². The van der Waals surface area contributed by atoms with Crippen LogP contribution in [-0.4, -0.2) is 39.4 Å². The lowest BCUT2D eigenvalue weighted by Gasteiger charge is -2.21. The second-order valence-corrected chi connectivity index (χ2v) is 6.24. The predicted octanol–water partition coefficient (Wildman–Crippen LogP) is 3.22. The molecule has 1 aliphatic heterocycles. The fraction of sp³-hybridized carbons (Fsp3) is 0.350. The van der Waals surface area contributed by atoms with E-state index in [1.165, 1.54) is 0 Å². The molecule has 0 saturated heterocycles. The normalized spacial score (nSPS) is 13.5. The van der Waals surface area contributed by atoms with Crippen LogP contribution in [0.2, 0.25) is 0 Å². The number of fused-ring (bicyclic) bond motifs is 1. The van der Waals surface area contributed by atoms with E-state index in [0.29, 0.717) is 41.9 Å². The Balaban J connectivity index is 1.69. The van der Waals surface area contributed by atoms with Crippen LogP contribution in [0.25, 0.3) is 0 Å². The molecule has 0 fully saturated rings. The Morgan fingerprint density at radius 1 is 1.04 bits per heavy atom. The van der Waals surface area contributed by atoms with Crippen LogP contribution < -0.4 is 29.6 Å². The van der Waals surface area contributed by atoms with Crippen LogP contribution in [0.5, 0.6) is 23.0 Å². The third-order valence-electron chi connectivity index (χ3n) is 4.31. The molecule has 2 N–H and O–H groups in total. The van der Waals surface area contributed by atoms with E-state index in [1.807, 2.05) is 19.1 Å². The third-order valence-corrected chi connectivity index (χ3v) is 4.31. The molecule has 0 unspecified atom stereocenters. The molecule has 1 atom stereocenters. The molecule has 0 saturated carbocycles. The van der Waals surface area contributed by atoms with Crippen molar-refractivity contribution in [3.63, 3.8) is 0 Å². The highest BCUT2D eigenvalue weighted by molar-refractivity contribution is 5.96. The van der Waals surface area contributed by atoms with Crippen molar-refractivity contribution < 1.29 is 23.7 Å². The summed E-state index contributed by atoms with van der Waals surface area (Å²) in [6, 6.07) is 8.57. The first-order chi connectivity index (χ1) is 13.0. The number of carbonyl (C=O) groups excluding carboxylic acids is 1. The average Bonchev–Trinajstić information content (AvgIpc) is 2.68. The zero-order valence-electron chi connectivity index (χ0n) is 15.9. The maximum atomic E-state index is 12.6. The molecule has 0 aliphatic carbocycles. The van der Waals surface area contributed by atoms with Crippen LogP contribution in [0.3, 0.4) is 0 Å². The van der Waals surface area contributed by atoms with E-state index >= 15 is 0 Å². The van der Waals surface area contributed by atoms with Crippen LogP contribution in [0.1, 0.15) is 12.5 Å². The lowest BCUT2D eigenvalue weighted by Crippen LogP contribution is -2.32. The van der Waals surface area contributed by atoms with Crippen molar-refractivity contribution in [3.05, 3.63) is 35.9 Å². The van der Waals surface area contributed by atoms with Gasteiger partial charge in [-0.05, 0) is 37.6 Å². The zero-order chi connectivity index (χ0) is 19.4. The maximum absolute atomic E-state index is 12.6. The highest BCUT2D eigenvalue weighted by Gasteiger charge is 2.18. The summed E-state index contributed by atoms with van der Waals surface area (Å²) in [5.41, 5.74) is 2.41. The minimum atomic E-state index is -0.463. The molecule has 3 rings (SSSR count). The van der Waals surface area contributed by atoms with Gasteiger partial charge in [-0.1, -0.05) is 0 Å². The predicted molar refractivity (Wildman–Crippen MR) is 103 cm³/mol. The van der Waals surface area contributed by atoms with Gasteiger partial charge >= 0.3 is 0 Å². The van der Waals surface area contributed by atoms with Crippen LogP contribution in [0.4, 0.5) is 11.4 Å². The first-order valence-electron chi connectivity index (χ1n) is 8.71. The molecule has 144 valence electrons. The highest BCUT2D eigenvalue weighted by atomic mass is 16.6. The number of amides is 1. The highest BCUT2D eigenvalue weighted by Crippen LogP contribution is 2.34. The summed E-state index contributed by atoms with van der Waals surface area (Å²) in [7, 11) is 3.17. The first kappa shape index (κ1) is 18.7. The van der Waals surface area contributed by atoms with Crippen LogP contribution >= 0.6 is 0 Å². The molecular formula is C20H24N2O5. The van der Waals surface area contributed by atoms with E-state index < -0.39 is 6.04 Å². The Morgan fingerprint density at radius 3 is 2.41 bits per heavy atom. The van der Waals surface area contributed by atoms with Crippen LogP contribution in [0, 0.1) is 6.92 Å². The number of nitrogens with one attached hydrogen (secondary N) is 2.